The van der Waals surface area contributed by atoms with Crippen LogP contribution in [-0.4, -0.2) is 21.3 Å². The van der Waals surface area contributed by atoms with Crippen molar-refractivity contribution >= 4 is 5.82 Å². The number of hydrogen-bond acceptors (Lipinski definition) is 4. The predicted octanol–water partition coefficient (Wildman–Crippen LogP) is 1.88. The molecule has 0 aliphatic rings. The first-order valence-corrected chi connectivity index (χ1v) is 5.80. The Balaban J connectivity index is 1.98. The van der Waals surface area contributed by atoms with Gasteiger partial charge < -0.3 is 5.32 Å². The van der Waals surface area contributed by atoms with Gasteiger partial charge in [0.1, 0.15) is 11.9 Å². The lowest BCUT2D eigenvalue weighted by atomic mass is 10.2. The smallest absolute Gasteiger partial charge is 0.144 e. The van der Waals surface area contributed by atoms with E-state index >= 15 is 0 Å². The van der Waals surface area contributed by atoms with Gasteiger partial charge in [-0.3, -0.25) is 4.68 Å². The summed E-state index contributed by atoms with van der Waals surface area (Å²) in [6, 6.07) is 5.74. The molecule has 18 heavy (non-hydrogen) atoms. The van der Waals surface area contributed by atoms with Crippen LogP contribution >= 0.6 is 0 Å². The van der Waals surface area contributed by atoms with Crippen molar-refractivity contribution in [3.63, 3.8) is 0 Å². The molecule has 1 N–H and O–H groups in total. The van der Waals surface area contributed by atoms with Crippen LogP contribution in [-0.2, 0) is 6.54 Å². The molecular weight excluding hydrogens is 226 g/mol. The van der Waals surface area contributed by atoms with Crippen LogP contribution in [0.2, 0.25) is 0 Å². The molecule has 0 spiro atoms. The predicted molar refractivity (Wildman–Crippen MR) is 69.1 cm³/mol. The van der Waals surface area contributed by atoms with Gasteiger partial charge in [-0.05, 0) is 31.5 Å². The minimum absolute atomic E-state index is 0.567. The Kier molecular flexibility index (Phi) is 3.58. The maximum atomic E-state index is 8.98. The van der Waals surface area contributed by atoms with Crippen molar-refractivity contribution in [2.75, 3.05) is 11.9 Å². The number of nitrogens with zero attached hydrogens (tertiary/aromatic N) is 4. The number of hydrogen-bond donors (Lipinski definition) is 1. The van der Waals surface area contributed by atoms with Crippen LogP contribution in [0.4, 0.5) is 5.82 Å². The summed E-state index contributed by atoms with van der Waals surface area (Å²) in [4.78, 5) is 4.32. The summed E-state index contributed by atoms with van der Waals surface area (Å²) in [5.41, 5.74) is 2.60. The van der Waals surface area contributed by atoms with Crippen molar-refractivity contribution in [1.29, 1.82) is 5.26 Å². The Hall–Kier alpha value is -2.35. The van der Waals surface area contributed by atoms with Gasteiger partial charge >= 0.3 is 0 Å². The van der Waals surface area contributed by atoms with Crippen LogP contribution < -0.4 is 5.32 Å². The highest BCUT2D eigenvalue weighted by Crippen LogP contribution is 2.11. The summed E-state index contributed by atoms with van der Waals surface area (Å²) in [6.45, 7) is 5.34. The van der Waals surface area contributed by atoms with E-state index in [0.29, 0.717) is 17.9 Å². The third-order valence-corrected chi connectivity index (χ3v) is 2.55. The normalized spacial score (nSPS) is 10.1. The molecular formula is C13H15N5. The maximum Gasteiger partial charge on any atom is 0.144 e. The highest BCUT2D eigenvalue weighted by atomic mass is 15.3. The monoisotopic (exact) mass is 241 g/mol. The first-order chi connectivity index (χ1) is 8.69. The summed E-state index contributed by atoms with van der Waals surface area (Å²) in [5, 5.41) is 16.3. The van der Waals surface area contributed by atoms with Gasteiger partial charge in [0.25, 0.3) is 0 Å². The lowest BCUT2D eigenvalue weighted by molar-refractivity contribution is 0.636. The molecule has 5 heteroatoms. The highest BCUT2D eigenvalue weighted by Gasteiger charge is 2.03. The van der Waals surface area contributed by atoms with Crippen molar-refractivity contribution in [2.24, 2.45) is 0 Å². The standard InChI is InChI=1S/C13H15N5/c1-10-8-16-18(9-10)6-5-15-13-12(7-14)4-3-11(2)17-13/h3-4,8-9H,5-6H2,1-2H3,(H,15,17). The van der Waals surface area contributed by atoms with E-state index in [4.69, 9.17) is 5.26 Å². The molecule has 0 radical (unpaired) electrons. The van der Waals surface area contributed by atoms with Crippen molar-refractivity contribution in [3.8, 4) is 6.07 Å². The Morgan fingerprint density at radius 2 is 2.22 bits per heavy atom. The molecule has 0 saturated carbocycles. The van der Waals surface area contributed by atoms with Gasteiger partial charge in [-0.1, -0.05) is 0 Å². The second kappa shape index (κ2) is 5.32. The van der Waals surface area contributed by atoms with E-state index in [-0.39, 0.29) is 0 Å². The summed E-state index contributed by atoms with van der Waals surface area (Å²) < 4.78 is 1.87. The van der Waals surface area contributed by atoms with Gasteiger partial charge in [-0.25, -0.2) is 4.98 Å². The topological polar surface area (TPSA) is 66.5 Å². The number of pyridine rings is 1. The zero-order valence-corrected chi connectivity index (χ0v) is 10.5. The highest BCUT2D eigenvalue weighted by molar-refractivity contribution is 5.52. The molecule has 5 nitrogen and oxygen atoms in total. The zero-order valence-electron chi connectivity index (χ0n) is 10.5. The first-order valence-electron chi connectivity index (χ1n) is 5.80. The largest absolute Gasteiger partial charge is 0.367 e. The van der Waals surface area contributed by atoms with Gasteiger partial charge in [-0.2, -0.15) is 10.4 Å². The zero-order chi connectivity index (χ0) is 13.0. The average molecular weight is 241 g/mol. The first kappa shape index (κ1) is 12.1. The number of anilines is 1. The summed E-state index contributed by atoms with van der Waals surface area (Å²) in [5.74, 6) is 0.640. The van der Waals surface area contributed by atoms with E-state index in [9.17, 15) is 0 Å². The Labute approximate surface area is 106 Å². The summed E-state index contributed by atoms with van der Waals surface area (Å²) >= 11 is 0. The van der Waals surface area contributed by atoms with Gasteiger partial charge in [-0.15, -0.1) is 0 Å². The van der Waals surface area contributed by atoms with Gasteiger partial charge in [0.15, 0.2) is 0 Å². The van der Waals surface area contributed by atoms with E-state index in [1.54, 1.807) is 6.07 Å². The van der Waals surface area contributed by atoms with Crippen LogP contribution in [0.3, 0.4) is 0 Å². The third-order valence-electron chi connectivity index (χ3n) is 2.55. The molecule has 2 rings (SSSR count). The molecule has 0 unspecified atom stereocenters. The van der Waals surface area contributed by atoms with E-state index in [2.05, 4.69) is 21.5 Å². The fourth-order valence-corrected chi connectivity index (χ4v) is 1.66. The molecule has 0 aliphatic heterocycles. The quantitative estimate of drug-likeness (QED) is 0.887. The second-order valence-electron chi connectivity index (χ2n) is 4.17. The maximum absolute atomic E-state index is 8.98. The third kappa shape index (κ3) is 2.86. The van der Waals surface area contributed by atoms with Gasteiger partial charge in [0, 0.05) is 18.4 Å². The van der Waals surface area contributed by atoms with E-state index in [0.717, 1.165) is 17.8 Å². The Morgan fingerprint density at radius 1 is 1.39 bits per heavy atom. The molecule has 0 aliphatic carbocycles. The number of aryl methyl sites for hydroxylation is 2. The Morgan fingerprint density at radius 3 is 2.89 bits per heavy atom. The van der Waals surface area contributed by atoms with Crippen LogP contribution in [0, 0.1) is 25.2 Å². The lowest BCUT2D eigenvalue weighted by Crippen LogP contribution is -2.12. The summed E-state index contributed by atoms with van der Waals surface area (Å²) in [6.07, 6.45) is 3.81. The van der Waals surface area contributed by atoms with Crippen molar-refractivity contribution < 1.29 is 0 Å². The van der Waals surface area contributed by atoms with Crippen LogP contribution in [0.15, 0.2) is 24.5 Å². The number of nitrogens with one attached hydrogen (secondary N) is 1. The number of rotatable bonds is 4. The van der Waals surface area contributed by atoms with Crippen LogP contribution in [0.1, 0.15) is 16.8 Å². The molecule has 0 amide bonds. The van der Waals surface area contributed by atoms with Crippen molar-refractivity contribution in [2.45, 2.75) is 20.4 Å². The van der Waals surface area contributed by atoms with Crippen LogP contribution in [0.5, 0.6) is 0 Å². The molecule has 0 aromatic carbocycles. The molecule has 2 aromatic heterocycles. The molecule has 0 saturated heterocycles. The molecule has 0 atom stereocenters. The van der Waals surface area contributed by atoms with Crippen LogP contribution in [0.25, 0.3) is 0 Å². The second-order valence-corrected chi connectivity index (χ2v) is 4.17. The fraction of sp³-hybridized carbons (Fsp3) is 0.308. The fourth-order valence-electron chi connectivity index (χ4n) is 1.66. The average Bonchev–Trinajstić information content (AvgIpc) is 2.75. The van der Waals surface area contributed by atoms with E-state index in [1.165, 1.54) is 0 Å². The number of nitriles is 1. The van der Waals surface area contributed by atoms with Crippen molar-refractivity contribution in [1.82, 2.24) is 14.8 Å². The Bertz CT molecular complexity index is 579. The van der Waals surface area contributed by atoms with Gasteiger partial charge in [0.05, 0.1) is 18.3 Å². The SMILES string of the molecule is Cc1cnn(CCNc2nc(C)ccc2C#N)c1. The van der Waals surface area contributed by atoms with Gasteiger partial charge in [0.2, 0.25) is 0 Å². The molecule has 0 fully saturated rings. The van der Waals surface area contributed by atoms with E-state index < -0.39 is 0 Å². The van der Waals surface area contributed by atoms with Crippen molar-refractivity contribution in [3.05, 3.63) is 41.3 Å². The molecule has 0 bridgehead atoms. The summed E-state index contributed by atoms with van der Waals surface area (Å²) in [7, 11) is 0. The lowest BCUT2D eigenvalue weighted by Gasteiger charge is -2.08. The molecule has 2 heterocycles. The number of aromatic nitrogens is 3. The molecule has 2 aromatic rings. The minimum Gasteiger partial charge on any atom is -0.367 e. The minimum atomic E-state index is 0.567. The molecule has 92 valence electrons. The van der Waals surface area contributed by atoms with E-state index in [1.807, 2.05) is 37.0 Å².